The monoisotopic (exact) mass is 250 g/mol. The Kier molecular flexibility index (Phi) is 3.57. The molecule has 1 fully saturated rings. The maximum absolute atomic E-state index is 11.2. The molecule has 0 saturated carbocycles. The molecule has 0 aromatic heterocycles. The van der Waals surface area contributed by atoms with Crippen LogP contribution in [0.5, 0.6) is 0 Å². The Morgan fingerprint density at radius 1 is 1.56 bits per heavy atom. The van der Waals surface area contributed by atoms with Crippen LogP contribution in [-0.4, -0.2) is 36.0 Å². The lowest BCUT2D eigenvalue weighted by Crippen LogP contribution is -2.49. The van der Waals surface area contributed by atoms with Crippen molar-refractivity contribution in [3.05, 3.63) is 39.9 Å². The summed E-state index contributed by atoms with van der Waals surface area (Å²) in [5, 5.41) is 10.6. The van der Waals surface area contributed by atoms with Gasteiger partial charge in [0.1, 0.15) is 0 Å². The SMILES string of the molecule is COC(=O)C1CN(Cc2cccc([N+](=O)[O-])c2)C1. The van der Waals surface area contributed by atoms with Crippen molar-refractivity contribution >= 4 is 11.7 Å². The molecule has 6 nitrogen and oxygen atoms in total. The standard InChI is InChI=1S/C12H14N2O4/c1-18-12(15)10-7-13(8-10)6-9-3-2-4-11(5-9)14(16)17/h2-5,10H,6-8H2,1H3. The first-order valence-electron chi connectivity index (χ1n) is 5.63. The van der Waals surface area contributed by atoms with E-state index < -0.39 is 4.92 Å². The van der Waals surface area contributed by atoms with E-state index in [0.29, 0.717) is 19.6 Å². The number of nitro groups is 1. The minimum Gasteiger partial charge on any atom is -0.469 e. The highest BCUT2D eigenvalue weighted by Gasteiger charge is 2.33. The second-order valence-electron chi connectivity index (χ2n) is 4.34. The van der Waals surface area contributed by atoms with Gasteiger partial charge in [0.2, 0.25) is 0 Å². The average molecular weight is 250 g/mol. The third kappa shape index (κ3) is 2.65. The molecule has 1 aliphatic rings. The molecule has 0 N–H and O–H groups in total. The lowest BCUT2D eigenvalue weighted by Gasteiger charge is -2.37. The summed E-state index contributed by atoms with van der Waals surface area (Å²) in [6.45, 7) is 1.92. The normalized spacial score (nSPS) is 16.1. The Labute approximate surface area is 104 Å². The molecule has 96 valence electrons. The predicted octanol–water partition coefficient (Wildman–Crippen LogP) is 1.20. The summed E-state index contributed by atoms with van der Waals surface area (Å²) in [5.74, 6) is -0.251. The number of non-ortho nitro benzene ring substituents is 1. The number of likely N-dealkylation sites (tertiary alicyclic amines) is 1. The van der Waals surface area contributed by atoms with Crippen LogP contribution in [0, 0.1) is 16.0 Å². The molecule has 0 atom stereocenters. The van der Waals surface area contributed by atoms with Crippen LogP contribution >= 0.6 is 0 Å². The zero-order valence-electron chi connectivity index (χ0n) is 10.0. The molecule has 2 rings (SSSR count). The predicted molar refractivity (Wildman–Crippen MR) is 63.9 cm³/mol. The fourth-order valence-corrected chi connectivity index (χ4v) is 2.04. The summed E-state index contributed by atoms with van der Waals surface area (Å²) < 4.78 is 4.65. The third-order valence-electron chi connectivity index (χ3n) is 3.02. The van der Waals surface area contributed by atoms with Crippen LogP contribution in [0.4, 0.5) is 5.69 Å². The van der Waals surface area contributed by atoms with E-state index in [1.54, 1.807) is 12.1 Å². The maximum Gasteiger partial charge on any atom is 0.311 e. The van der Waals surface area contributed by atoms with Gasteiger partial charge in [0, 0.05) is 31.8 Å². The van der Waals surface area contributed by atoms with E-state index in [1.807, 2.05) is 6.07 Å². The lowest BCUT2D eigenvalue weighted by molar-refractivity contribution is -0.384. The van der Waals surface area contributed by atoms with Gasteiger partial charge in [0.25, 0.3) is 5.69 Å². The van der Waals surface area contributed by atoms with Crippen molar-refractivity contribution in [2.45, 2.75) is 6.54 Å². The van der Waals surface area contributed by atoms with Gasteiger partial charge in [-0.3, -0.25) is 19.8 Å². The summed E-state index contributed by atoms with van der Waals surface area (Å²) in [6, 6.07) is 6.55. The van der Waals surface area contributed by atoms with E-state index in [2.05, 4.69) is 9.64 Å². The van der Waals surface area contributed by atoms with Crippen molar-refractivity contribution in [3.63, 3.8) is 0 Å². The molecule has 0 radical (unpaired) electrons. The largest absolute Gasteiger partial charge is 0.469 e. The second kappa shape index (κ2) is 5.14. The van der Waals surface area contributed by atoms with Crippen LogP contribution in [0.1, 0.15) is 5.56 Å². The molecule has 0 amide bonds. The highest BCUT2D eigenvalue weighted by molar-refractivity contribution is 5.73. The van der Waals surface area contributed by atoms with E-state index in [9.17, 15) is 14.9 Å². The number of benzene rings is 1. The molecule has 1 aromatic rings. The van der Waals surface area contributed by atoms with Gasteiger partial charge >= 0.3 is 5.97 Å². The zero-order valence-corrected chi connectivity index (χ0v) is 10.0. The fourth-order valence-electron chi connectivity index (χ4n) is 2.04. The van der Waals surface area contributed by atoms with Gasteiger partial charge in [-0.2, -0.15) is 0 Å². The highest BCUT2D eigenvalue weighted by atomic mass is 16.6. The van der Waals surface area contributed by atoms with E-state index in [1.165, 1.54) is 13.2 Å². The number of ether oxygens (including phenoxy) is 1. The third-order valence-corrected chi connectivity index (χ3v) is 3.02. The molecular formula is C12H14N2O4. The molecule has 1 heterocycles. The Morgan fingerprint density at radius 2 is 2.28 bits per heavy atom. The molecule has 1 aromatic carbocycles. The van der Waals surface area contributed by atoms with E-state index >= 15 is 0 Å². The molecule has 1 aliphatic heterocycles. The molecule has 6 heteroatoms. The summed E-state index contributed by atoms with van der Waals surface area (Å²) in [6.07, 6.45) is 0. The number of carbonyl (C=O) groups is 1. The number of hydrogen-bond donors (Lipinski definition) is 0. The van der Waals surface area contributed by atoms with Gasteiger partial charge in [-0.15, -0.1) is 0 Å². The van der Waals surface area contributed by atoms with Gasteiger partial charge in [0.05, 0.1) is 18.0 Å². The Hall–Kier alpha value is -1.95. The van der Waals surface area contributed by atoms with Crippen molar-refractivity contribution in [3.8, 4) is 0 Å². The van der Waals surface area contributed by atoms with E-state index in [0.717, 1.165) is 5.56 Å². The highest BCUT2D eigenvalue weighted by Crippen LogP contribution is 2.21. The van der Waals surface area contributed by atoms with Gasteiger partial charge in [0.15, 0.2) is 0 Å². The van der Waals surface area contributed by atoms with Crippen LogP contribution < -0.4 is 0 Å². The topological polar surface area (TPSA) is 72.7 Å². The summed E-state index contributed by atoms with van der Waals surface area (Å²) >= 11 is 0. The van der Waals surface area contributed by atoms with Crippen LogP contribution in [-0.2, 0) is 16.1 Å². The number of hydrogen-bond acceptors (Lipinski definition) is 5. The molecule has 18 heavy (non-hydrogen) atoms. The Balaban J connectivity index is 1.90. The van der Waals surface area contributed by atoms with Crippen LogP contribution in [0.15, 0.2) is 24.3 Å². The first-order chi connectivity index (χ1) is 8.60. The molecule has 0 spiro atoms. The first-order valence-corrected chi connectivity index (χ1v) is 5.63. The minimum absolute atomic E-state index is 0.0614. The van der Waals surface area contributed by atoms with Crippen LogP contribution in [0.3, 0.4) is 0 Å². The quantitative estimate of drug-likeness (QED) is 0.456. The lowest BCUT2D eigenvalue weighted by atomic mass is 9.99. The number of methoxy groups -OCH3 is 1. The van der Waals surface area contributed by atoms with Gasteiger partial charge in [-0.05, 0) is 5.56 Å². The molecule has 0 unspecified atom stereocenters. The Bertz CT molecular complexity index is 469. The minimum atomic E-state index is -0.406. The van der Waals surface area contributed by atoms with Crippen molar-refractivity contribution in [1.29, 1.82) is 0 Å². The zero-order chi connectivity index (χ0) is 13.1. The van der Waals surface area contributed by atoms with Crippen molar-refractivity contribution < 1.29 is 14.5 Å². The van der Waals surface area contributed by atoms with Crippen LogP contribution in [0.25, 0.3) is 0 Å². The summed E-state index contributed by atoms with van der Waals surface area (Å²) in [4.78, 5) is 23.5. The summed E-state index contributed by atoms with van der Waals surface area (Å²) in [7, 11) is 1.38. The van der Waals surface area contributed by atoms with Crippen molar-refractivity contribution in [1.82, 2.24) is 4.90 Å². The second-order valence-corrected chi connectivity index (χ2v) is 4.34. The molecular weight excluding hydrogens is 236 g/mol. The number of rotatable bonds is 4. The number of carbonyl (C=O) groups excluding carboxylic acids is 1. The van der Waals surface area contributed by atoms with Gasteiger partial charge in [-0.25, -0.2) is 0 Å². The number of esters is 1. The van der Waals surface area contributed by atoms with Crippen LogP contribution in [0.2, 0.25) is 0 Å². The number of nitro benzene ring substituents is 1. The van der Waals surface area contributed by atoms with Crippen molar-refractivity contribution in [2.24, 2.45) is 5.92 Å². The fraction of sp³-hybridized carbons (Fsp3) is 0.417. The van der Waals surface area contributed by atoms with Gasteiger partial charge in [-0.1, -0.05) is 12.1 Å². The number of nitrogens with zero attached hydrogens (tertiary/aromatic N) is 2. The molecule has 1 saturated heterocycles. The molecule has 0 bridgehead atoms. The molecule has 0 aliphatic carbocycles. The van der Waals surface area contributed by atoms with Gasteiger partial charge < -0.3 is 4.74 Å². The Morgan fingerprint density at radius 3 is 2.89 bits per heavy atom. The first kappa shape index (κ1) is 12.5. The average Bonchev–Trinajstić information content (AvgIpc) is 2.32. The van der Waals surface area contributed by atoms with E-state index in [4.69, 9.17) is 0 Å². The van der Waals surface area contributed by atoms with E-state index in [-0.39, 0.29) is 17.6 Å². The summed E-state index contributed by atoms with van der Waals surface area (Å²) in [5.41, 5.74) is 0.977. The smallest absolute Gasteiger partial charge is 0.311 e. The van der Waals surface area contributed by atoms with Crippen molar-refractivity contribution in [2.75, 3.05) is 20.2 Å². The maximum atomic E-state index is 11.2.